The summed E-state index contributed by atoms with van der Waals surface area (Å²) in [6, 6.07) is 0. The third-order valence-corrected chi connectivity index (χ3v) is 2.85. The van der Waals surface area contributed by atoms with Gasteiger partial charge in [0.25, 0.3) is 0 Å². The molecule has 0 aliphatic heterocycles. The zero-order chi connectivity index (χ0) is 12.9. The summed E-state index contributed by atoms with van der Waals surface area (Å²) in [6.45, 7) is 0.439. The van der Waals surface area contributed by atoms with Gasteiger partial charge in [0.1, 0.15) is 0 Å². The number of methoxy groups -OCH3 is 1. The van der Waals surface area contributed by atoms with Crippen LogP contribution in [0.2, 0.25) is 0 Å². The molecule has 1 rings (SSSR count). The minimum Gasteiger partial charge on any atom is -0.490 e. The molecule has 0 unspecified atom stereocenters. The van der Waals surface area contributed by atoms with Crippen LogP contribution in [0.4, 0.5) is 24.0 Å². The topological polar surface area (TPSA) is 60.2 Å². The molecule has 0 spiro atoms. The van der Waals surface area contributed by atoms with Crippen LogP contribution in [0.25, 0.3) is 0 Å². The highest BCUT2D eigenvalue weighted by Crippen LogP contribution is 2.34. The molecular weight excluding hydrogens is 255 g/mol. The molecule has 0 aliphatic carbocycles. The minimum atomic E-state index is -4.08. The monoisotopic (exact) mass is 269 g/mol. The van der Waals surface area contributed by atoms with Gasteiger partial charge in [-0.15, -0.1) is 0 Å². The van der Waals surface area contributed by atoms with Crippen LogP contribution < -0.4 is 15.8 Å². The van der Waals surface area contributed by atoms with E-state index < -0.39 is 12.6 Å². The zero-order valence-electron chi connectivity index (χ0n) is 9.30. The summed E-state index contributed by atoms with van der Waals surface area (Å²) in [7, 11) is 1.47. The van der Waals surface area contributed by atoms with Crippen molar-refractivity contribution >= 4 is 22.4 Å². The summed E-state index contributed by atoms with van der Waals surface area (Å²) in [5, 5.41) is 3.60. The van der Waals surface area contributed by atoms with E-state index in [1.54, 1.807) is 0 Å². The molecule has 0 saturated carbocycles. The van der Waals surface area contributed by atoms with E-state index in [9.17, 15) is 13.2 Å². The molecule has 17 heavy (non-hydrogen) atoms. The fourth-order valence-corrected chi connectivity index (χ4v) is 1.97. The average molecular weight is 269 g/mol. The van der Waals surface area contributed by atoms with E-state index in [0.717, 1.165) is 11.5 Å². The molecule has 8 heteroatoms. The fraction of sp³-hybridized carbons (Fsp3) is 0.667. The molecule has 3 N–H and O–H groups in total. The van der Waals surface area contributed by atoms with Crippen molar-refractivity contribution < 1.29 is 17.9 Å². The van der Waals surface area contributed by atoms with Gasteiger partial charge in [-0.05, 0) is 24.4 Å². The van der Waals surface area contributed by atoms with E-state index >= 15 is 0 Å². The summed E-state index contributed by atoms with van der Waals surface area (Å²) < 4.78 is 44.5. The number of nitrogens with one attached hydrogen (secondary N) is 1. The molecule has 0 amide bonds. The van der Waals surface area contributed by atoms with Gasteiger partial charge in [-0.1, -0.05) is 0 Å². The lowest BCUT2D eigenvalue weighted by Crippen LogP contribution is -2.08. The lowest BCUT2D eigenvalue weighted by molar-refractivity contribution is -0.135. The molecule has 1 aromatic heterocycles. The Kier molecular flexibility index (Phi) is 4.86. The van der Waals surface area contributed by atoms with E-state index in [1.807, 2.05) is 0 Å². The van der Waals surface area contributed by atoms with Crippen molar-refractivity contribution in [2.45, 2.75) is 25.4 Å². The number of nitrogens with zero attached hydrogens (tertiary/aromatic N) is 1. The predicted molar refractivity (Wildman–Crippen MR) is 61.5 cm³/mol. The number of alkyl halides is 3. The minimum absolute atomic E-state index is 0.104. The van der Waals surface area contributed by atoms with Crippen LogP contribution in [0.5, 0.6) is 5.75 Å². The molecule has 0 aromatic carbocycles. The Balaban J connectivity index is 2.27. The number of aromatic nitrogens is 1. The van der Waals surface area contributed by atoms with Gasteiger partial charge < -0.3 is 15.8 Å². The van der Waals surface area contributed by atoms with Crippen LogP contribution in [0.1, 0.15) is 19.3 Å². The van der Waals surface area contributed by atoms with Crippen LogP contribution in [0, 0.1) is 0 Å². The quantitative estimate of drug-likeness (QED) is 0.780. The Bertz CT molecular complexity index is 354. The Hall–Kier alpha value is -1.18. The van der Waals surface area contributed by atoms with Crippen LogP contribution in [0.15, 0.2) is 0 Å². The van der Waals surface area contributed by atoms with Crippen molar-refractivity contribution in [2.24, 2.45) is 0 Å². The molecule has 0 fully saturated rings. The molecule has 1 aromatic rings. The van der Waals surface area contributed by atoms with Crippen molar-refractivity contribution in [3.63, 3.8) is 0 Å². The number of hydrogen-bond donors (Lipinski definition) is 2. The summed E-state index contributed by atoms with van der Waals surface area (Å²) in [5.74, 6) is 0.737. The van der Waals surface area contributed by atoms with Gasteiger partial charge in [0, 0.05) is 13.0 Å². The van der Waals surface area contributed by atoms with Gasteiger partial charge in [-0.25, -0.2) is 0 Å². The third-order valence-electron chi connectivity index (χ3n) is 2.05. The molecule has 0 radical (unpaired) electrons. The summed E-state index contributed by atoms with van der Waals surface area (Å²) in [5.41, 5.74) is 5.52. The maximum atomic E-state index is 11.9. The predicted octanol–water partition coefficient (Wildman–Crippen LogP) is 2.88. The van der Waals surface area contributed by atoms with Gasteiger partial charge in [0.2, 0.25) is 0 Å². The van der Waals surface area contributed by atoms with Gasteiger partial charge in [-0.2, -0.15) is 17.5 Å². The van der Waals surface area contributed by atoms with Crippen molar-refractivity contribution in [3.8, 4) is 5.75 Å². The molecule has 98 valence electrons. The van der Waals surface area contributed by atoms with Crippen molar-refractivity contribution in [1.82, 2.24) is 4.37 Å². The Morgan fingerprint density at radius 3 is 2.71 bits per heavy atom. The third kappa shape index (κ3) is 4.68. The lowest BCUT2D eigenvalue weighted by Gasteiger charge is -2.07. The summed E-state index contributed by atoms with van der Waals surface area (Å²) >= 11 is 1.13. The molecular formula is C9H14F3N3OS. The fourth-order valence-electron chi connectivity index (χ4n) is 1.26. The van der Waals surface area contributed by atoms with Crippen LogP contribution in [-0.2, 0) is 0 Å². The Morgan fingerprint density at radius 2 is 2.12 bits per heavy atom. The van der Waals surface area contributed by atoms with E-state index in [4.69, 9.17) is 10.5 Å². The summed E-state index contributed by atoms with van der Waals surface area (Å²) in [4.78, 5) is 0. The van der Waals surface area contributed by atoms with E-state index in [-0.39, 0.29) is 12.2 Å². The first-order valence-corrected chi connectivity index (χ1v) is 5.81. The molecule has 0 bridgehead atoms. The lowest BCUT2D eigenvalue weighted by atomic mass is 10.2. The Labute approximate surface area is 101 Å². The second-order valence-electron chi connectivity index (χ2n) is 3.43. The Morgan fingerprint density at radius 1 is 1.41 bits per heavy atom. The first-order valence-electron chi connectivity index (χ1n) is 5.04. The SMILES string of the molecule is COc1c(N)nsc1NCCCCC(F)(F)F. The van der Waals surface area contributed by atoms with Crippen molar-refractivity contribution in [2.75, 3.05) is 24.7 Å². The first-order chi connectivity index (χ1) is 7.94. The van der Waals surface area contributed by atoms with Gasteiger partial charge in [0.15, 0.2) is 16.6 Å². The first kappa shape index (κ1) is 13.9. The molecule has 4 nitrogen and oxygen atoms in total. The molecule has 0 aliphatic rings. The smallest absolute Gasteiger partial charge is 0.389 e. The van der Waals surface area contributed by atoms with E-state index in [0.29, 0.717) is 23.7 Å². The van der Waals surface area contributed by atoms with Gasteiger partial charge >= 0.3 is 6.18 Å². The second-order valence-corrected chi connectivity index (χ2v) is 4.20. The van der Waals surface area contributed by atoms with Crippen molar-refractivity contribution in [1.29, 1.82) is 0 Å². The highest BCUT2D eigenvalue weighted by atomic mass is 32.1. The van der Waals surface area contributed by atoms with Crippen LogP contribution in [-0.4, -0.2) is 24.2 Å². The summed E-state index contributed by atoms with van der Waals surface area (Å²) in [6.07, 6.45) is -4.29. The largest absolute Gasteiger partial charge is 0.490 e. The average Bonchev–Trinajstić information content (AvgIpc) is 2.57. The second kappa shape index (κ2) is 5.95. The number of nitrogens with two attached hydrogens (primary N) is 1. The normalized spacial score (nSPS) is 11.5. The molecule has 0 saturated heterocycles. The van der Waals surface area contributed by atoms with Gasteiger partial charge in [0.05, 0.1) is 7.11 Å². The zero-order valence-corrected chi connectivity index (χ0v) is 10.1. The molecule has 1 heterocycles. The number of anilines is 2. The maximum Gasteiger partial charge on any atom is 0.389 e. The number of ether oxygens (including phenoxy) is 1. The highest BCUT2D eigenvalue weighted by Gasteiger charge is 2.25. The highest BCUT2D eigenvalue weighted by molar-refractivity contribution is 7.11. The number of rotatable bonds is 6. The molecule has 0 atom stereocenters. The van der Waals surface area contributed by atoms with Crippen LogP contribution in [0.3, 0.4) is 0 Å². The standard InChI is InChI=1S/C9H14F3N3OS/c1-16-6-7(13)15-17-8(6)14-5-3-2-4-9(10,11)12/h14H,2-5H2,1H3,(H2,13,15). The number of nitrogen functional groups attached to an aromatic ring is 1. The number of unbranched alkanes of at least 4 members (excludes halogenated alkanes) is 1. The number of halogens is 3. The number of hydrogen-bond acceptors (Lipinski definition) is 5. The van der Waals surface area contributed by atoms with E-state index in [2.05, 4.69) is 9.69 Å². The van der Waals surface area contributed by atoms with Gasteiger partial charge in [-0.3, -0.25) is 0 Å². The maximum absolute atomic E-state index is 11.9. The van der Waals surface area contributed by atoms with Crippen molar-refractivity contribution in [3.05, 3.63) is 0 Å². The van der Waals surface area contributed by atoms with Crippen LogP contribution >= 0.6 is 11.5 Å². The van der Waals surface area contributed by atoms with E-state index in [1.165, 1.54) is 7.11 Å².